The number of hydrogen-bond acceptors (Lipinski definition) is 4. The van der Waals surface area contributed by atoms with Crippen LogP contribution in [0.3, 0.4) is 0 Å². The summed E-state index contributed by atoms with van der Waals surface area (Å²) in [5, 5.41) is 6.38. The fraction of sp³-hybridized carbons (Fsp3) is 0. The number of hydrogen-bond donors (Lipinski definition) is 0. The minimum Gasteiger partial charge on any atom is -0.455 e. The summed E-state index contributed by atoms with van der Waals surface area (Å²) >= 11 is 0. The van der Waals surface area contributed by atoms with Crippen molar-refractivity contribution >= 4 is 43.5 Å². The second-order valence-corrected chi connectivity index (χ2v) is 11.2. The van der Waals surface area contributed by atoms with Gasteiger partial charge in [-0.2, -0.15) is 0 Å². The molecule has 45 heavy (non-hydrogen) atoms. The van der Waals surface area contributed by atoms with E-state index >= 15 is 0 Å². The summed E-state index contributed by atoms with van der Waals surface area (Å²) in [6.45, 7) is 0. The summed E-state index contributed by atoms with van der Waals surface area (Å²) in [5.74, 6) is 1.87. The van der Waals surface area contributed by atoms with Crippen LogP contribution in [0.4, 0.5) is 0 Å². The third-order valence-corrected chi connectivity index (χ3v) is 8.51. The monoisotopic (exact) mass is 575 g/mol. The average molecular weight is 576 g/mol. The first-order valence-electron chi connectivity index (χ1n) is 15.0. The lowest BCUT2D eigenvalue weighted by Gasteiger charge is -2.12. The number of para-hydroxylation sites is 1. The SMILES string of the molecule is c1ccc(-c2ccc3cc(-c4nc(-c5ccccc5)nc(-c5cccc6ccccc56)n4)c4c5ccccc5oc4c3c2)cc1. The summed E-state index contributed by atoms with van der Waals surface area (Å²) in [7, 11) is 0. The van der Waals surface area contributed by atoms with Gasteiger partial charge in [-0.1, -0.05) is 133 Å². The van der Waals surface area contributed by atoms with E-state index in [-0.39, 0.29) is 0 Å². The van der Waals surface area contributed by atoms with E-state index in [1.807, 2.05) is 48.5 Å². The lowest BCUT2D eigenvalue weighted by atomic mass is 9.96. The fourth-order valence-corrected chi connectivity index (χ4v) is 6.35. The molecule has 0 aliphatic rings. The molecule has 0 spiro atoms. The van der Waals surface area contributed by atoms with Crippen LogP contribution in [0.25, 0.3) is 88.8 Å². The zero-order chi connectivity index (χ0) is 29.7. The first-order valence-corrected chi connectivity index (χ1v) is 15.0. The molecule has 0 aliphatic heterocycles. The van der Waals surface area contributed by atoms with Gasteiger partial charge < -0.3 is 4.42 Å². The van der Waals surface area contributed by atoms with Crippen LogP contribution in [0.2, 0.25) is 0 Å². The summed E-state index contributed by atoms with van der Waals surface area (Å²) in [5.41, 5.74) is 6.78. The smallest absolute Gasteiger partial charge is 0.164 e. The maximum atomic E-state index is 6.63. The Morgan fingerprint density at radius 1 is 0.378 bits per heavy atom. The first kappa shape index (κ1) is 25.4. The maximum Gasteiger partial charge on any atom is 0.164 e. The Bertz CT molecular complexity index is 2530. The molecule has 2 heterocycles. The van der Waals surface area contributed by atoms with E-state index in [1.54, 1.807) is 0 Å². The molecule has 0 aliphatic carbocycles. The van der Waals surface area contributed by atoms with Gasteiger partial charge in [0.25, 0.3) is 0 Å². The van der Waals surface area contributed by atoms with Crippen molar-refractivity contribution in [3.63, 3.8) is 0 Å². The van der Waals surface area contributed by atoms with Crippen molar-refractivity contribution in [2.24, 2.45) is 0 Å². The van der Waals surface area contributed by atoms with Gasteiger partial charge in [-0.25, -0.2) is 15.0 Å². The van der Waals surface area contributed by atoms with Crippen LogP contribution in [0.15, 0.2) is 156 Å². The standard InChI is InChI=1S/C41H25N3O/c1-3-12-26(13-4-1)29-22-23-30-25-35(37-33-19-9-10-21-36(33)45-38(37)34(30)24-29)41-43-39(28-15-5-2-6-16-28)42-40(44-41)32-20-11-17-27-14-7-8-18-31(27)32/h1-25H. The zero-order valence-electron chi connectivity index (χ0n) is 24.2. The predicted octanol–water partition coefficient (Wildman–Crippen LogP) is 10.7. The van der Waals surface area contributed by atoms with Gasteiger partial charge in [-0.05, 0) is 45.5 Å². The molecule has 0 saturated heterocycles. The predicted molar refractivity (Wildman–Crippen MR) is 184 cm³/mol. The van der Waals surface area contributed by atoms with Gasteiger partial charge in [0.15, 0.2) is 17.5 Å². The van der Waals surface area contributed by atoms with Crippen molar-refractivity contribution in [1.82, 2.24) is 15.0 Å². The molecule has 0 N–H and O–H groups in total. The Kier molecular flexibility index (Phi) is 5.78. The van der Waals surface area contributed by atoms with Gasteiger partial charge in [-0.15, -0.1) is 0 Å². The van der Waals surface area contributed by atoms with Crippen molar-refractivity contribution in [3.05, 3.63) is 152 Å². The van der Waals surface area contributed by atoms with Gasteiger partial charge in [0.05, 0.1) is 0 Å². The molecule has 0 unspecified atom stereocenters. The van der Waals surface area contributed by atoms with E-state index in [9.17, 15) is 0 Å². The zero-order valence-corrected chi connectivity index (χ0v) is 24.2. The van der Waals surface area contributed by atoms with Crippen molar-refractivity contribution in [2.45, 2.75) is 0 Å². The minimum absolute atomic E-state index is 0.609. The number of nitrogens with zero attached hydrogens (tertiary/aromatic N) is 3. The molecule has 0 amide bonds. The molecule has 210 valence electrons. The molecule has 0 bridgehead atoms. The highest BCUT2D eigenvalue weighted by molar-refractivity contribution is 6.21. The van der Waals surface area contributed by atoms with E-state index in [0.717, 1.165) is 71.3 Å². The van der Waals surface area contributed by atoms with Crippen molar-refractivity contribution in [2.75, 3.05) is 0 Å². The largest absolute Gasteiger partial charge is 0.455 e. The van der Waals surface area contributed by atoms with E-state index in [1.165, 1.54) is 0 Å². The highest BCUT2D eigenvalue weighted by Gasteiger charge is 2.21. The summed E-state index contributed by atoms with van der Waals surface area (Å²) in [6.07, 6.45) is 0. The molecule has 0 atom stereocenters. The summed E-state index contributed by atoms with van der Waals surface area (Å²) < 4.78 is 6.63. The normalized spacial score (nSPS) is 11.6. The molecule has 4 heteroatoms. The van der Waals surface area contributed by atoms with Crippen LogP contribution in [0.1, 0.15) is 0 Å². The van der Waals surface area contributed by atoms with Crippen LogP contribution < -0.4 is 0 Å². The summed E-state index contributed by atoms with van der Waals surface area (Å²) in [6, 6.07) is 52.1. The molecular formula is C41H25N3O. The molecule has 0 radical (unpaired) electrons. The van der Waals surface area contributed by atoms with Gasteiger partial charge in [0, 0.05) is 32.8 Å². The molecule has 7 aromatic carbocycles. The average Bonchev–Trinajstić information content (AvgIpc) is 3.51. The Labute approximate surface area is 259 Å². The second-order valence-electron chi connectivity index (χ2n) is 11.2. The number of fused-ring (bicyclic) bond motifs is 6. The maximum absolute atomic E-state index is 6.63. The molecule has 0 saturated carbocycles. The number of benzene rings is 7. The molecule has 4 nitrogen and oxygen atoms in total. The molecule has 0 fully saturated rings. The highest BCUT2D eigenvalue weighted by Crippen LogP contribution is 2.42. The van der Waals surface area contributed by atoms with Gasteiger partial charge >= 0.3 is 0 Å². The van der Waals surface area contributed by atoms with Crippen molar-refractivity contribution < 1.29 is 4.42 Å². The van der Waals surface area contributed by atoms with Crippen LogP contribution in [-0.2, 0) is 0 Å². The lowest BCUT2D eigenvalue weighted by Crippen LogP contribution is -2.01. The van der Waals surface area contributed by atoms with E-state index < -0.39 is 0 Å². The molecule has 9 aromatic rings. The van der Waals surface area contributed by atoms with Crippen LogP contribution in [-0.4, -0.2) is 15.0 Å². The quantitative estimate of drug-likeness (QED) is 0.209. The Hall–Kier alpha value is -6.13. The number of aromatic nitrogens is 3. The Morgan fingerprint density at radius 3 is 1.84 bits per heavy atom. The van der Waals surface area contributed by atoms with Crippen molar-refractivity contribution in [1.29, 1.82) is 0 Å². The highest BCUT2D eigenvalue weighted by atomic mass is 16.3. The van der Waals surface area contributed by atoms with Gasteiger partial charge in [0.1, 0.15) is 11.2 Å². The van der Waals surface area contributed by atoms with E-state index in [4.69, 9.17) is 19.4 Å². The lowest BCUT2D eigenvalue weighted by molar-refractivity contribution is 0.672. The first-order chi connectivity index (χ1) is 22.3. The number of furan rings is 1. The summed E-state index contributed by atoms with van der Waals surface area (Å²) in [4.78, 5) is 15.4. The van der Waals surface area contributed by atoms with Gasteiger partial charge in [-0.3, -0.25) is 0 Å². The molecule has 9 rings (SSSR count). The third-order valence-electron chi connectivity index (χ3n) is 8.51. The number of rotatable bonds is 4. The van der Waals surface area contributed by atoms with Crippen LogP contribution >= 0.6 is 0 Å². The van der Waals surface area contributed by atoms with Crippen LogP contribution in [0, 0.1) is 0 Å². The van der Waals surface area contributed by atoms with Crippen LogP contribution in [0.5, 0.6) is 0 Å². The Morgan fingerprint density at radius 2 is 1.02 bits per heavy atom. The third kappa shape index (κ3) is 4.27. The van der Waals surface area contributed by atoms with Gasteiger partial charge in [0.2, 0.25) is 0 Å². The van der Waals surface area contributed by atoms with E-state index in [2.05, 4.69) is 103 Å². The molecular weight excluding hydrogens is 550 g/mol. The van der Waals surface area contributed by atoms with E-state index in [0.29, 0.717) is 17.5 Å². The Balaban J connectivity index is 1.36. The topological polar surface area (TPSA) is 51.8 Å². The fourth-order valence-electron chi connectivity index (χ4n) is 6.35. The minimum atomic E-state index is 0.609. The van der Waals surface area contributed by atoms with Crippen molar-refractivity contribution in [3.8, 4) is 45.3 Å². The second kappa shape index (κ2) is 10.2. The molecule has 2 aromatic heterocycles.